The molecule has 0 aromatic heterocycles. The highest BCUT2D eigenvalue weighted by molar-refractivity contribution is 6.35. The monoisotopic (exact) mass is 431 g/mol. The zero-order valence-corrected chi connectivity index (χ0v) is 17.5. The van der Waals surface area contributed by atoms with Crippen LogP contribution in [0.1, 0.15) is 36.8 Å². The normalized spacial score (nSPS) is 24.2. The number of nitrogens with zero attached hydrogens (tertiary/aromatic N) is 1. The van der Waals surface area contributed by atoms with Gasteiger partial charge in [-0.2, -0.15) is 5.06 Å². The molecule has 2 heterocycles. The average Bonchev–Trinajstić information content (AvgIpc) is 2.87. The Morgan fingerprint density at radius 2 is 2.00 bits per heavy atom. The molecular formula is C19H23Cl2NO6. The summed E-state index contributed by atoms with van der Waals surface area (Å²) in [4.78, 5) is 30.4. The summed E-state index contributed by atoms with van der Waals surface area (Å²) in [6, 6.07) is 3.29. The molecule has 0 amide bonds. The number of benzene rings is 1. The SMILES string of the molecule is CCOC(=O)OC1C(c2c(C)cc(Cl)cc2Cl)C(=O)OC12CCN(OC)CC2. The molecule has 2 fully saturated rings. The molecule has 0 bridgehead atoms. The second-order valence-corrected chi connectivity index (χ2v) is 7.76. The summed E-state index contributed by atoms with van der Waals surface area (Å²) in [6.07, 6.45) is -0.794. The van der Waals surface area contributed by atoms with Crippen molar-refractivity contribution in [3.63, 3.8) is 0 Å². The Morgan fingerprint density at radius 1 is 1.32 bits per heavy atom. The maximum Gasteiger partial charge on any atom is 0.508 e. The van der Waals surface area contributed by atoms with Crippen molar-refractivity contribution in [3.8, 4) is 0 Å². The summed E-state index contributed by atoms with van der Waals surface area (Å²) in [5.74, 6) is -1.34. The van der Waals surface area contributed by atoms with E-state index in [0.717, 1.165) is 5.56 Å². The first-order valence-corrected chi connectivity index (χ1v) is 9.87. The fraction of sp³-hybridized carbons (Fsp3) is 0.579. The predicted molar refractivity (Wildman–Crippen MR) is 102 cm³/mol. The first-order chi connectivity index (χ1) is 13.3. The first-order valence-electron chi connectivity index (χ1n) is 9.12. The molecule has 2 unspecified atom stereocenters. The lowest BCUT2D eigenvalue weighted by molar-refractivity contribution is -0.193. The molecule has 7 nitrogen and oxygen atoms in total. The summed E-state index contributed by atoms with van der Waals surface area (Å²) in [5, 5.41) is 2.56. The van der Waals surface area contributed by atoms with Crippen molar-refractivity contribution in [2.75, 3.05) is 26.8 Å². The van der Waals surface area contributed by atoms with Crippen molar-refractivity contribution in [1.82, 2.24) is 5.06 Å². The third kappa shape index (κ3) is 3.94. The van der Waals surface area contributed by atoms with E-state index in [-0.39, 0.29) is 6.61 Å². The van der Waals surface area contributed by atoms with Crippen LogP contribution in [-0.4, -0.2) is 55.7 Å². The molecule has 0 saturated carbocycles. The fourth-order valence-electron chi connectivity index (χ4n) is 3.99. The Morgan fingerprint density at radius 3 is 2.57 bits per heavy atom. The van der Waals surface area contributed by atoms with Crippen LogP contribution in [0.2, 0.25) is 10.0 Å². The molecule has 28 heavy (non-hydrogen) atoms. The van der Waals surface area contributed by atoms with Gasteiger partial charge in [-0.15, -0.1) is 0 Å². The highest BCUT2D eigenvalue weighted by Crippen LogP contribution is 2.48. The minimum absolute atomic E-state index is 0.163. The Balaban J connectivity index is 2.01. The number of carbonyl (C=O) groups excluding carboxylic acids is 2. The molecule has 2 aliphatic heterocycles. The molecule has 1 spiro atoms. The minimum atomic E-state index is -0.959. The molecule has 2 saturated heterocycles. The number of piperidine rings is 1. The van der Waals surface area contributed by atoms with E-state index in [1.54, 1.807) is 38.2 Å². The van der Waals surface area contributed by atoms with Crippen molar-refractivity contribution in [1.29, 1.82) is 0 Å². The summed E-state index contributed by atoms with van der Waals surface area (Å²) in [6.45, 7) is 4.72. The molecule has 3 rings (SSSR count). The van der Waals surface area contributed by atoms with Gasteiger partial charge in [-0.3, -0.25) is 4.79 Å². The Kier molecular flexibility index (Phi) is 6.39. The third-order valence-electron chi connectivity index (χ3n) is 5.30. The summed E-state index contributed by atoms with van der Waals surface area (Å²) < 4.78 is 16.4. The summed E-state index contributed by atoms with van der Waals surface area (Å²) >= 11 is 12.5. The topological polar surface area (TPSA) is 74.3 Å². The maximum atomic E-state index is 12.9. The van der Waals surface area contributed by atoms with E-state index in [2.05, 4.69) is 0 Å². The number of rotatable bonds is 4. The predicted octanol–water partition coefficient (Wildman–Crippen LogP) is 3.88. The van der Waals surface area contributed by atoms with Gasteiger partial charge in [0.25, 0.3) is 0 Å². The molecule has 1 aromatic rings. The van der Waals surface area contributed by atoms with Crippen molar-refractivity contribution < 1.29 is 28.6 Å². The molecule has 2 aliphatic rings. The van der Waals surface area contributed by atoms with E-state index in [0.29, 0.717) is 41.5 Å². The van der Waals surface area contributed by atoms with Crippen LogP contribution in [0, 0.1) is 6.92 Å². The standard InChI is InChI=1S/C19H23Cl2NO6/c1-4-26-18(24)27-16-15(14-11(2)9-12(20)10-13(14)21)17(23)28-19(16)5-7-22(25-3)8-6-19/h9-10,15-16H,4-8H2,1-3H3. The zero-order valence-electron chi connectivity index (χ0n) is 16.0. The molecule has 9 heteroatoms. The Bertz CT molecular complexity index is 740. The van der Waals surface area contributed by atoms with Crippen LogP contribution in [0.4, 0.5) is 4.79 Å². The van der Waals surface area contributed by atoms with Gasteiger partial charge >= 0.3 is 12.1 Å². The van der Waals surface area contributed by atoms with Gasteiger partial charge in [-0.05, 0) is 37.1 Å². The van der Waals surface area contributed by atoms with Crippen LogP contribution in [0.3, 0.4) is 0 Å². The van der Waals surface area contributed by atoms with E-state index in [1.807, 2.05) is 0 Å². The van der Waals surface area contributed by atoms with E-state index in [1.165, 1.54) is 0 Å². The van der Waals surface area contributed by atoms with Crippen LogP contribution >= 0.6 is 23.2 Å². The number of halogens is 2. The van der Waals surface area contributed by atoms with Crippen molar-refractivity contribution >= 4 is 35.3 Å². The lowest BCUT2D eigenvalue weighted by Crippen LogP contribution is -2.51. The van der Waals surface area contributed by atoms with E-state index in [9.17, 15) is 9.59 Å². The van der Waals surface area contributed by atoms with Gasteiger partial charge < -0.3 is 19.0 Å². The lowest BCUT2D eigenvalue weighted by atomic mass is 9.79. The van der Waals surface area contributed by atoms with Crippen molar-refractivity contribution in [3.05, 3.63) is 33.3 Å². The van der Waals surface area contributed by atoms with Crippen LogP contribution in [-0.2, 0) is 23.8 Å². The highest BCUT2D eigenvalue weighted by Gasteiger charge is 2.60. The third-order valence-corrected chi connectivity index (χ3v) is 5.83. The van der Waals surface area contributed by atoms with Gasteiger partial charge in [0, 0.05) is 36.0 Å². The quantitative estimate of drug-likeness (QED) is 0.669. The first kappa shape index (κ1) is 21.2. The Labute approximate surface area is 173 Å². The van der Waals surface area contributed by atoms with E-state index < -0.39 is 29.7 Å². The summed E-state index contributed by atoms with van der Waals surface area (Å²) in [5.41, 5.74) is 0.318. The van der Waals surface area contributed by atoms with Crippen molar-refractivity contribution in [2.24, 2.45) is 0 Å². The number of esters is 1. The van der Waals surface area contributed by atoms with Crippen LogP contribution in [0.25, 0.3) is 0 Å². The van der Waals surface area contributed by atoms with Gasteiger partial charge in [-0.25, -0.2) is 4.79 Å². The number of aryl methyl sites for hydroxylation is 1. The smallest absolute Gasteiger partial charge is 0.454 e. The van der Waals surface area contributed by atoms with Crippen LogP contribution in [0.5, 0.6) is 0 Å². The van der Waals surface area contributed by atoms with Gasteiger partial charge in [0.2, 0.25) is 0 Å². The van der Waals surface area contributed by atoms with E-state index >= 15 is 0 Å². The van der Waals surface area contributed by atoms with Crippen LogP contribution < -0.4 is 0 Å². The molecule has 0 N–H and O–H groups in total. The van der Waals surface area contributed by atoms with Gasteiger partial charge in [0.05, 0.1) is 13.7 Å². The van der Waals surface area contributed by atoms with Gasteiger partial charge in [0.1, 0.15) is 5.92 Å². The second kappa shape index (κ2) is 8.45. The number of ether oxygens (including phenoxy) is 3. The average molecular weight is 432 g/mol. The van der Waals surface area contributed by atoms with E-state index in [4.69, 9.17) is 42.3 Å². The minimum Gasteiger partial charge on any atom is -0.454 e. The zero-order chi connectivity index (χ0) is 20.5. The fourth-order valence-corrected chi connectivity index (χ4v) is 4.70. The number of hydroxylamine groups is 2. The van der Waals surface area contributed by atoms with Crippen LogP contribution in [0.15, 0.2) is 12.1 Å². The molecule has 154 valence electrons. The molecular weight excluding hydrogens is 409 g/mol. The molecule has 0 aliphatic carbocycles. The number of hydrogen-bond donors (Lipinski definition) is 0. The largest absolute Gasteiger partial charge is 0.508 e. The molecule has 1 aromatic carbocycles. The van der Waals surface area contributed by atoms with Crippen molar-refractivity contribution in [2.45, 2.75) is 44.3 Å². The molecule has 2 atom stereocenters. The molecule has 0 radical (unpaired) electrons. The maximum absolute atomic E-state index is 12.9. The number of hydrogen-bond acceptors (Lipinski definition) is 7. The second-order valence-electron chi connectivity index (χ2n) is 6.91. The van der Waals surface area contributed by atoms with Gasteiger partial charge in [-0.1, -0.05) is 23.2 Å². The highest BCUT2D eigenvalue weighted by atomic mass is 35.5. The van der Waals surface area contributed by atoms with Gasteiger partial charge in [0.15, 0.2) is 11.7 Å². The summed E-state index contributed by atoms with van der Waals surface area (Å²) in [7, 11) is 1.59. The Hall–Kier alpha value is -1.54. The number of carbonyl (C=O) groups is 2. The lowest BCUT2D eigenvalue weighted by Gasteiger charge is -2.40.